The molecule has 6 nitrogen and oxygen atoms in total. The molecule has 182 valence electrons. The van der Waals surface area contributed by atoms with Gasteiger partial charge in [-0.05, 0) is 54.6 Å². The summed E-state index contributed by atoms with van der Waals surface area (Å²) >= 11 is 3.99. The van der Waals surface area contributed by atoms with Crippen LogP contribution in [-0.4, -0.2) is 27.0 Å². The molecule has 5 rings (SSSR count). The fraction of sp³-hybridized carbons (Fsp3) is 0.154. The van der Waals surface area contributed by atoms with Gasteiger partial charge in [0.1, 0.15) is 17.6 Å². The lowest BCUT2D eigenvalue weighted by Crippen LogP contribution is -2.29. The maximum Gasteiger partial charge on any atom is 0.301 e. The summed E-state index contributed by atoms with van der Waals surface area (Å²) in [5, 5.41) is 21.8. The first-order valence-corrected chi connectivity index (χ1v) is 13.6. The van der Waals surface area contributed by atoms with Crippen molar-refractivity contribution in [2.45, 2.75) is 30.0 Å². The SMILES string of the molecule is Cc1ccc(C)c(/C(O)=C2\C(=O)C(=O)N(c3nnc(SCc4ccc(F)cc4)s3)C2c2cccs2)c1. The van der Waals surface area contributed by atoms with Gasteiger partial charge >= 0.3 is 5.91 Å². The highest BCUT2D eigenvalue weighted by molar-refractivity contribution is 8.00. The minimum absolute atomic E-state index is 0.0341. The van der Waals surface area contributed by atoms with Gasteiger partial charge in [-0.25, -0.2) is 4.39 Å². The summed E-state index contributed by atoms with van der Waals surface area (Å²) in [6.45, 7) is 3.75. The summed E-state index contributed by atoms with van der Waals surface area (Å²) in [5.41, 5.74) is 3.19. The summed E-state index contributed by atoms with van der Waals surface area (Å²) in [4.78, 5) is 28.6. The van der Waals surface area contributed by atoms with E-state index in [1.54, 1.807) is 18.2 Å². The van der Waals surface area contributed by atoms with E-state index in [0.29, 0.717) is 15.7 Å². The van der Waals surface area contributed by atoms with E-state index in [0.717, 1.165) is 21.6 Å². The van der Waals surface area contributed by atoms with Crippen molar-refractivity contribution in [3.05, 3.63) is 98.5 Å². The van der Waals surface area contributed by atoms with Gasteiger partial charge in [0, 0.05) is 16.2 Å². The van der Waals surface area contributed by atoms with Crippen molar-refractivity contribution >= 4 is 57.0 Å². The van der Waals surface area contributed by atoms with Gasteiger partial charge in [-0.2, -0.15) is 0 Å². The summed E-state index contributed by atoms with van der Waals surface area (Å²) in [6.07, 6.45) is 0. The summed E-state index contributed by atoms with van der Waals surface area (Å²) in [5.74, 6) is -1.47. The third-order valence-electron chi connectivity index (χ3n) is 5.78. The second-order valence-electron chi connectivity index (χ2n) is 8.27. The number of rotatable bonds is 6. The first kappa shape index (κ1) is 24.4. The van der Waals surface area contributed by atoms with Crippen LogP contribution < -0.4 is 4.90 Å². The number of carbonyl (C=O) groups excluding carboxylic acids is 2. The number of thiophene rings is 1. The highest BCUT2D eigenvalue weighted by Crippen LogP contribution is 2.45. The average molecular weight is 538 g/mol. The number of aryl methyl sites for hydroxylation is 2. The molecule has 1 fully saturated rings. The Morgan fingerprint density at radius 1 is 1.11 bits per heavy atom. The number of aliphatic hydroxyl groups excluding tert-OH is 1. The van der Waals surface area contributed by atoms with Gasteiger partial charge in [0.25, 0.3) is 5.78 Å². The van der Waals surface area contributed by atoms with Crippen LogP contribution in [0.4, 0.5) is 9.52 Å². The topological polar surface area (TPSA) is 83.4 Å². The van der Waals surface area contributed by atoms with Gasteiger partial charge in [-0.15, -0.1) is 21.5 Å². The lowest BCUT2D eigenvalue weighted by molar-refractivity contribution is -0.132. The van der Waals surface area contributed by atoms with Gasteiger partial charge < -0.3 is 5.11 Å². The van der Waals surface area contributed by atoms with Crippen molar-refractivity contribution in [2.24, 2.45) is 0 Å². The second-order valence-corrected chi connectivity index (χ2v) is 11.4. The predicted molar refractivity (Wildman–Crippen MR) is 141 cm³/mol. The van der Waals surface area contributed by atoms with Gasteiger partial charge in [-0.3, -0.25) is 14.5 Å². The van der Waals surface area contributed by atoms with Crippen LogP contribution in [0.3, 0.4) is 0 Å². The molecule has 1 saturated heterocycles. The maximum absolute atomic E-state index is 13.3. The molecule has 1 N–H and O–H groups in total. The Balaban J connectivity index is 1.52. The smallest absolute Gasteiger partial charge is 0.301 e. The minimum Gasteiger partial charge on any atom is -0.507 e. The highest BCUT2D eigenvalue weighted by Gasteiger charge is 2.49. The first-order valence-electron chi connectivity index (χ1n) is 11.0. The molecule has 10 heteroatoms. The Morgan fingerprint density at radius 3 is 2.61 bits per heavy atom. The molecule has 1 aliphatic rings. The number of hydrogen-bond acceptors (Lipinski definition) is 8. The number of Topliss-reactive ketones (excluding diaryl/α,β-unsaturated/α-hetero) is 1. The molecule has 0 spiro atoms. The lowest BCUT2D eigenvalue weighted by atomic mass is 9.96. The Labute approximate surface area is 219 Å². The zero-order chi connectivity index (χ0) is 25.4. The zero-order valence-corrected chi connectivity index (χ0v) is 21.7. The van der Waals surface area contributed by atoms with Crippen molar-refractivity contribution < 1.29 is 19.1 Å². The standard InChI is InChI=1S/C26H20FN3O3S3/c1-14-5-6-15(2)18(12-14)22(31)20-21(19-4-3-11-34-19)30(24(33)23(20)32)25-28-29-26(36-25)35-13-16-7-9-17(27)10-8-16/h3-12,21,31H,13H2,1-2H3/b22-20+. The molecule has 1 atom stereocenters. The van der Waals surface area contributed by atoms with Crippen LogP contribution >= 0.6 is 34.4 Å². The Kier molecular flexibility index (Phi) is 6.74. The predicted octanol–water partition coefficient (Wildman–Crippen LogP) is 6.27. The van der Waals surface area contributed by atoms with Crippen LogP contribution in [-0.2, 0) is 15.3 Å². The summed E-state index contributed by atoms with van der Waals surface area (Å²) in [7, 11) is 0. The van der Waals surface area contributed by atoms with Gasteiger partial charge in [-0.1, -0.05) is 59.0 Å². The molecule has 2 aromatic heterocycles. The van der Waals surface area contributed by atoms with E-state index in [1.807, 2.05) is 43.5 Å². The largest absolute Gasteiger partial charge is 0.507 e. The number of hydrogen-bond donors (Lipinski definition) is 1. The first-order chi connectivity index (χ1) is 17.3. The number of halogens is 1. The van der Waals surface area contributed by atoms with Crippen LogP contribution in [0, 0.1) is 19.7 Å². The minimum atomic E-state index is -0.812. The highest BCUT2D eigenvalue weighted by atomic mass is 32.2. The molecule has 0 aliphatic carbocycles. The quantitative estimate of drug-likeness (QED) is 0.103. The Hall–Kier alpha value is -3.34. The summed E-state index contributed by atoms with van der Waals surface area (Å²) < 4.78 is 13.8. The molecule has 36 heavy (non-hydrogen) atoms. The average Bonchev–Trinajstić information content (AvgIpc) is 3.61. The normalized spacial score (nSPS) is 17.2. The molecule has 1 amide bonds. The Morgan fingerprint density at radius 2 is 1.89 bits per heavy atom. The Bertz CT molecular complexity index is 1480. The van der Waals surface area contributed by atoms with Crippen molar-refractivity contribution in [3.63, 3.8) is 0 Å². The number of aromatic nitrogens is 2. The zero-order valence-electron chi connectivity index (χ0n) is 19.3. The summed E-state index contributed by atoms with van der Waals surface area (Å²) in [6, 6.07) is 14.7. The van der Waals surface area contributed by atoms with Crippen molar-refractivity contribution in [2.75, 3.05) is 4.90 Å². The van der Waals surface area contributed by atoms with Gasteiger partial charge in [0.05, 0.1) is 5.57 Å². The number of anilines is 1. The molecular formula is C26H20FN3O3S3. The van der Waals surface area contributed by atoms with Crippen molar-refractivity contribution in [1.29, 1.82) is 0 Å². The number of aliphatic hydroxyl groups is 1. The fourth-order valence-electron chi connectivity index (χ4n) is 3.97. The number of thioether (sulfide) groups is 1. The van der Waals surface area contributed by atoms with Gasteiger partial charge in [0.15, 0.2) is 4.34 Å². The second kappa shape index (κ2) is 9.96. The molecule has 1 aliphatic heterocycles. The number of benzene rings is 2. The number of ketones is 1. The van der Waals surface area contributed by atoms with E-state index < -0.39 is 17.7 Å². The van der Waals surface area contributed by atoms with Crippen LogP contribution in [0.1, 0.15) is 33.2 Å². The van der Waals surface area contributed by atoms with Crippen LogP contribution in [0.2, 0.25) is 0 Å². The van der Waals surface area contributed by atoms with Crippen LogP contribution in [0.25, 0.3) is 5.76 Å². The maximum atomic E-state index is 13.3. The van der Waals surface area contributed by atoms with Crippen LogP contribution in [0.15, 0.2) is 69.9 Å². The van der Waals surface area contributed by atoms with E-state index >= 15 is 0 Å². The molecule has 2 aromatic carbocycles. The van der Waals surface area contributed by atoms with Crippen LogP contribution in [0.5, 0.6) is 0 Å². The van der Waals surface area contributed by atoms with Gasteiger partial charge in [0.2, 0.25) is 5.13 Å². The molecule has 0 bridgehead atoms. The fourth-order valence-corrected chi connectivity index (χ4v) is 6.61. The number of nitrogens with zero attached hydrogens (tertiary/aromatic N) is 3. The van der Waals surface area contributed by atoms with E-state index in [2.05, 4.69) is 10.2 Å². The number of amides is 1. The van der Waals surface area contributed by atoms with E-state index in [1.165, 1.54) is 51.5 Å². The third kappa shape index (κ3) is 4.59. The van der Waals surface area contributed by atoms with Crippen molar-refractivity contribution in [3.8, 4) is 0 Å². The molecular weight excluding hydrogens is 518 g/mol. The monoisotopic (exact) mass is 537 g/mol. The molecule has 0 radical (unpaired) electrons. The van der Waals surface area contributed by atoms with Crippen molar-refractivity contribution in [1.82, 2.24) is 10.2 Å². The molecule has 0 saturated carbocycles. The lowest BCUT2D eigenvalue weighted by Gasteiger charge is -2.21. The van der Waals surface area contributed by atoms with E-state index in [9.17, 15) is 19.1 Å². The molecule has 4 aromatic rings. The molecule has 1 unspecified atom stereocenters. The van der Waals surface area contributed by atoms with E-state index in [-0.39, 0.29) is 22.3 Å². The number of carbonyl (C=O) groups is 2. The van der Waals surface area contributed by atoms with E-state index in [4.69, 9.17) is 0 Å². The molecule has 3 heterocycles. The third-order valence-corrected chi connectivity index (χ3v) is 8.83.